The smallest absolute Gasteiger partial charge is 0.226 e. The highest BCUT2D eigenvalue weighted by Gasteiger charge is 2.11. The Hall–Kier alpha value is -3.13. The fourth-order valence-corrected chi connectivity index (χ4v) is 3.07. The number of ether oxygens (including phenoxy) is 2. The summed E-state index contributed by atoms with van der Waals surface area (Å²) in [7, 11) is 0. The van der Waals surface area contributed by atoms with Gasteiger partial charge in [-0.2, -0.15) is 5.10 Å². The molecule has 1 aromatic heterocycles. The Kier molecular flexibility index (Phi) is 7.02. The van der Waals surface area contributed by atoms with E-state index in [0.29, 0.717) is 30.4 Å². The SMILES string of the molecule is CCOc1ccc(NC(=O)CCn2c(-c3ccc(OCC)cc3)n[nH]c2=S)cc1. The standard InChI is InChI=1S/C21H24N4O3S/c1-3-27-17-9-5-15(6-10-17)20-23-24-21(29)25(20)14-13-19(26)22-16-7-11-18(12-8-16)28-4-2/h5-12H,3-4,13-14H2,1-2H3,(H,22,26)(H,24,29). The highest BCUT2D eigenvalue weighted by Crippen LogP contribution is 2.21. The van der Waals surface area contributed by atoms with Crippen LogP contribution in [0.3, 0.4) is 0 Å². The summed E-state index contributed by atoms with van der Waals surface area (Å²) in [5.41, 5.74) is 1.62. The van der Waals surface area contributed by atoms with E-state index in [2.05, 4.69) is 15.5 Å². The van der Waals surface area contributed by atoms with Crippen molar-refractivity contribution in [2.45, 2.75) is 26.8 Å². The van der Waals surface area contributed by atoms with Gasteiger partial charge in [0.15, 0.2) is 10.6 Å². The molecule has 0 aliphatic carbocycles. The molecule has 0 atom stereocenters. The summed E-state index contributed by atoms with van der Waals surface area (Å²) in [5, 5.41) is 10.0. The molecule has 3 aromatic rings. The van der Waals surface area contributed by atoms with Crippen LogP contribution in [-0.4, -0.2) is 33.9 Å². The van der Waals surface area contributed by atoms with Gasteiger partial charge in [-0.05, 0) is 74.6 Å². The summed E-state index contributed by atoms with van der Waals surface area (Å²) in [6, 6.07) is 14.9. The lowest BCUT2D eigenvalue weighted by Gasteiger charge is -2.09. The van der Waals surface area contributed by atoms with Crippen molar-refractivity contribution in [3.8, 4) is 22.9 Å². The summed E-state index contributed by atoms with van der Waals surface area (Å²) < 4.78 is 13.2. The Morgan fingerprint density at radius 2 is 1.62 bits per heavy atom. The van der Waals surface area contributed by atoms with Crippen LogP contribution in [0.1, 0.15) is 20.3 Å². The Labute approximate surface area is 174 Å². The van der Waals surface area contributed by atoms with E-state index in [-0.39, 0.29) is 12.3 Å². The molecule has 0 bridgehead atoms. The molecule has 3 rings (SSSR count). The number of benzene rings is 2. The van der Waals surface area contributed by atoms with E-state index in [1.165, 1.54) is 0 Å². The summed E-state index contributed by atoms with van der Waals surface area (Å²) in [6.45, 7) is 5.51. The number of carbonyl (C=O) groups excluding carboxylic acids is 1. The number of rotatable bonds is 9. The van der Waals surface area contributed by atoms with E-state index in [9.17, 15) is 4.79 Å². The first-order chi connectivity index (χ1) is 14.1. The maximum Gasteiger partial charge on any atom is 0.226 e. The monoisotopic (exact) mass is 412 g/mol. The predicted molar refractivity (Wildman–Crippen MR) is 115 cm³/mol. The lowest BCUT2D eigenvalue weighted by Crippen LogP contribution is -2.15. The summed E-state index contributed by atoms with van der Waals surface area (Å²) >= 11 is 5.34. The number of anilines is 1. The lowest BCUT2D eigenvalue weighted by atomic mass is 10.2. The fraction of sp³-hybridized carbons (Fsp3) is 0.286. The minimum absolute atomic E-state index is 0.102. The average molecular weight is 413 g/mol. The molecule has 29 heavy (non-hydrogen) atoms. The fourth-order valence-electron chi connectivity index (χ4n) is 2.85. The quantitative estimate of drug-likeness (QED) is 0.508. The van der Waals surface area contributed by atoms with Crippen molar-refractivity contribution in [2.75, 3.05) is 18.5 Å². The number of carbonyl (C=O) groups is 1. The molecule has 0 unspecified atom stereocenters. The van der Waals surface area contributed by atoms with Crippen LogP contribution in [0.4, 0.5) is 5.69 Å². The van der Waals surface area contributed by atoms with Gasteiger partial charge in [-0.1, -0.05) is 0 Å². The van der Waals surface area contributed by atoms with Crippen LogP contribution in [-0.2, 0) is 11.3 Å². The zero-order valence-corrected chi connectivity index (χ0v) is 17.3. The van der Waals surface area contributed by atoms with Gasteiger partial charge in [-0.25, -0.2) is 0 Å². The zero-order chi connectivity index (χ0) is 20.6. The van der Waals surface area contributed by atoms with Crippen LogP contribution in [0.15, 0.2) is 48.5 Å². The minimum atomic E-state index is -0.102. The number of aromatic amines is 1. The normalized spacial score (nSPS) is 10.6. The van der Waals surface area contributed by atoms with Crippen LogP contribution < -0.4 is 14.8 Å². The molecule has 2 aromatic carbocycles. The molecule has 1 heterocycles. The maximum absolute atomic E-state index is 12.4. The van der Waals surface area contributed by atoms with Gasteiger partial charge in [-0.3, -0.25) is 14.5 Å². The Morgan fingerprint density at radius 3 is 2.21 bits per heavy atom. The second-order valence-electron chi connectivity index (χ2n) is 6.22. The van der Waals surface area contributed by atoms with Gasteiger partial charge in [0.1, 0.15) is 11.5 Å². The number of amides is 1. The summed E-state index contributed by atoms with van der Waals surface area (Å²) in [4.78, 5) is 12.4. The predicted octanol–water partition coefficient (Wildman–Crippen LogP) is 4.43. The van der Waals surface area contributed by atoms with Crippen LogP contribution in [0.5, 0.6) is 11.5 Å². The van der Waals surface area contributed by atoms with E-state index in [0.717, 1.165) is 22.7 Å². The van der Waals surface area contributed by atoms with E-state index in [1.54, 1.807) is 0 Å². The van der Waals surface area contributed by atoms with Gasteiger partial charge in [0.2, 0.25) is 5.91 Å². The highest BCUT2D eigenvalue weighted by atomic mass is 32.1. The van der Waals surface area contributed by atoms with E-state index in [4.69, 9.17) is 21.7 Å². The Bertz CT molecular complexity index is 994. The molecule has 0 aliphatic heterocycles. The lowest BCUT2D eigenvalue weighted by molar-refractivity contribution is -0.116. The molecule has 0 spiro atoms. The number of hydrogen-bond acceptors (Lipinski definition) is 5. The van der Waals surface area contributed by atoms with Crippen molar-refractivity contribution >= 4 is 23.8 Å². The molecule has 8 heteroatoms. The van der Waals surface area contributed by atoms with E-state index < -0.39 is 0 Å². The van der Waals surface area contributed by atoms with Crippen molar-refractivity contribution in [1.29, 1.82) is 0 Å². The third kappa shape index (κ3) is 5.45. The zero-order valence-electron chi connectivity index (χ0n) is 16.5. The molecule has 0 fully saturated rings. The van der Waals surface area contributed by atoms with Gasteiger partial charge in [0.25, 0.3) is 0 Å². The first-order valence-electron chi connectivity index (χ1n) is 9.52. The van der Waals surface area contributed by atoms with Gasteiger partial charge in [-0.15, -0.1) is 0 Å². The van der Waals surface area contributed by atoms with Gasteiger partial charge in [0.05, 0.1) is 13.2 Å². The van der Waals surface area contributed by atoms with Crippen molar-refractivity contribution < 1.29 is 14.3 Å². The highest BCUT2D eigenvalue weighted by molar-refractivity contribution is 7.71. The van der Waals surface area contributed by atoms with E-state index >= 15 is 0 Å². The Morgan fingerprint density at radius 1 is 1.03 bits per heavy atom. The summed E-state index contributed by atoms with van der Waals surface area (Å²) in [5.74, 6) is 2.16. The van der Waals surface area contributed by atoms with Crippen LogP contribution in [0, 0.1) is 4.77 Å². The van der Waals surface area contributed by atoms with Gasteiger partial charge in [0, 0.05) is 24.2 Å². The number of H-pyrrole nitrogens is 1. The third-order valence-corrected chi connectivity index (χ3v) is 4.51. The molecule has 2 N–H and O–H groups in total. The van der Waals surface area contributed by atoms with Gasteiger partial charge < -0.3 is 14.8 Å². The molecule has 1 amide bonds. The van der Waals surface area contributed by atoms with Crippen LogP contribution >= 0.6 is 12.2 Å². The average Bonchev–Trinajstić information content (AvgIpc) is 3.09. The largest absolute Gasteiger partial charge is 0.494 e. The van der Waals surface area contributed by atoms with Crippen molar-refractivity contribution in [1.82, 2.24) is 14.8 Å². The minimum Gasteiger partial charge on any atom is -0.494 e. The van der Waals surface area contributed by atoms with Crippen LogP contribution in [0.25, 0.3) is 11.4 Å². The molecule has 152 valence electrons. The second-order valence-corrected chi connectivity index (χ2v) is 6.60. The second kappa shape index (κ2) is 9.88. The first-order valence-corrected chi connectivity index (χ1v) is 9.92. The third-order valence-electron chi connectivity index (χ3n) is 4.19. The number of nitrogens with zero attached hydrogens (tertiary/aromatic N) is 2. The summed E-state index contributed by atoms with van der Waals surface area (Å²) in [6.07, 6.45) is 0.269. The molecule has 0 aliphatic rings. The molecule has 0 saturated carbocycles. The number of aromatic nitrogens is 3. The van der Waals surface area contributed by atoms with Gasteiger partial charge >= 0.3 is 0 Å². The first kappa shape index (κ1) is 20.6. The van der Waals surface area contributed by atoms with Crippen molar-refractivity contribution in [3.63, 3.8) is 0 Å². The molecular formula is C21H24N4O3S. The Balaban J connectivity index is 1.64. The molecule has 7 nitrogen and oxygen atoms in total. The molecular weight excluding hydrogens is 388 g/mol. The van der Waals surface area contributed by atoms with Crippen molar-refractivity contribution in [2.24, 2.45) is 0 Å². The topological polar surface area (TPSA) is 81.2 Å². The van der Waals surface area contributed by atoms with E-state index in [1.807, 2.05) is 66.9 Å². The van der Waals surface area contributed by atoms with Crippen LogP contribution in [0.2, 0.25) is 0 Å². The number of nitrogens with one attached hydrogen (secondary N) is 2. The molecule has 0 radical (unpaired) electrons. The molecule has 0 saturated heterocycles. The van der Waals surface area contributed by atoms with Crippen molar-refractivity contribution in [3.05, 3.63) is 53.3 Å². The number of hydrogen-bond donors (Lipinski definition) is 2. The maximum atomic E-state index is 12.4.